The molecule has 1 saturated heterocycles. The molecule has 0 saturated carbocycles. The summed E-state index contributed by atoms with van der Waals surface area (Å²) in [6.07, 6.45) is 1.01. The van der Waals surface area contributed by atoms with Gasteiger partial charge < -0.3 is 10.4 Å². The molecule has 0 aromatic heterocycles. The Morgan fingerprint density at radius 2 is 2.31 bits per heavy atom. The highest BCUT2D eigenvalue weighted by Gasteiger charge is 2.30. The van der Waals surface area contributed by atoms with Crippen molar-refractivity contribution in [2.24, 2.45) is 0 Å². The van der Waals surface area contributed by atoms with Crippen molar-refractivity contribution in [1.82, 2.24) is 10.2 Å². The predicted molar refractivity (Wildman–Crippen MR) is 50.8 cm³/mol. The summed E-state index contributed by atoms with van der Waals surface area (Å²) in [7, 11) is 0. The smallest absolute Gasteiger partial charge is 0.320 e. The Kier molecular flexibility index (Phi) is 3.69. The van der Waals surface area contributed by atoms with Gasteiger partial charge in [-0.25, -0.2) is 0 Å². The van der Waals surface area contributed by atoms with Crippen molar-refractivity contribution in [3.8, 4) is 0 Å². The highest BCUT2D eigenvalue weighted by atomic mass is 16.4. The van der Waals surface area contributed by atoms with E-state index in [-0.39, 0.29) is 6.04 Å². The van der Waals surface area contributed by atoms with Crippen LogP contribution >= 0.6 is 0 Å². The maximum absolute atomic E-state index is 10.8. The van der Waals surface area contributed by atoms with Crippen LogP contribution in [0.1, 0.15) is 20.3 Å². The summed E-state index contributed by atoms with van der Waals surface area (Å²) < 4.78 is 0. The molecule has 76 valence electrons. The largest absolute Gasteiger partial charge is 0.480 e. The molecule has 0 radical (unpaired) electrons. The summed E-state index contributed by atoms with van der Waals surface area (Å²) in [6, 6.07) is 0.0677. The Morgan fingerprint density at radius 1 is 1.69 bits per heavy atom. The van der Waals surface area contributed by atoms with Gasteiger partial charge in [0, 0.05) is 19.1 Å². The molecule has 0 aromatic rings. The molecule has 0 aliphatic carbocycles. The fraction of sp³-hybridized carbons (Fsp3) is 0.889. The van der Waals surface area contributed by atoms with Gasteiger partial charge in [0.1, 0.15) is 6.04 Å². The van der Waals surface area contributed by atoms with Crippen molar-refractivity contribution >= 4 is 5.97 Å². The second-order valence-corrected chi connectivity index (χ2v) is 3.56. The van der Waals surface area contributed by atoms with Crippen molar-refractivity contribution in [2.75, 3.05) is 19.6 Å². The summed E-state index contributed by atoms with van der Waals surface area (Å²) >= 11 is 0. The van der Waals surface area contributed by atoms with Gasteiger partial charge in [-0.2, -0.15) is 0 Å². The van der Waals surface area contributed by atoms with E-state index >= 15 is 0 Å². The minimum absolute atomic E-state index is 0.355. The lowest BCUT2D eigenvalue weighted by molar-refractivity contribution is -0.144. The van der Waals surface area contributed by atoms with Crippen molar-refractivity contribution in [3.63, 3.8) is 0 Å². The van der Waals surface area contributed by atoms with E-state index in [0.717, 1.165) is 26.1 Å². The summed E-state index contributed by atoms with van der Waals surface area (Å²) in [4.78, 5) is 12.9. The average Bonchev–Trinajstić information content (AvgIpc) is 1.99. The number of nitrogens with one attached hydrogen (secondary N) is 1. The molecule has 1 aliphatic heterocycles. The van der Waals surface area contributed by atoms with Crippen molar-refractivity contribution in [2.45, 2.75) is 32.4 Å². The number of hydrogen-bond acceptors (Lipinski definition) is 3. The minimum Gasteiger partial charge on any atom is -0.480 e. The SMILES string of the molecule is CCCN(C1CNC1)C(C)C(=O)O. The Bertz CT molecular complexity index is 180. The fourth-order valence-electron chi connectivity index (χ4n) is 1.60. The number of carboxylic acid groups (broad SMARTS) is 1. The second kappa shape index (κ2) is 4.58. The van der Waals surface area contributed by atoms with E-state index < -0.39 is 5.97 Å². The quantitative estimate of drug-likeness (QED) is 0.641. The van der Waals surface area contributed by atoms with Crippen LogP contribution in [0.3, 0.4) is 0 Å². The Labute approximate surface area is 78.9 Å². The summed E-state index contributed by atoms with van der Waals surface area (Å²) in [5, 5.41) is 12.0. The van der Waals surface area contributed by atoms with E-state index in [1.54, 1.807) is 6.92 Å². The molecule has 1 fully saturated rings. The van der Waals surface area contributed by atoms with E-state index in [1.807, 2.05) is 0 Å². The maximum atomic E-state index is 10.8. The van der Waals surface area contributed by atoms with Crippen LogP contribution in [0.4, 0.5) is 0 Å². The topological polar surface area (TPSA) is 52.6 Å². The first-order chi connectivity index (χ1) is 6.16. The van der Waals surface area contributed by atoms with Gasteiger partial charge in [-0.1, -0.05) is 6.92 Å². The van der Waals surface area contributed by atoms with Gasteiger partial charge in [0.15, 0.2) is 0 Å². The molecule has 4 nitrogen and oxygen atoms in total. The molecule has 13 heavy (non-hydrogen) atoms. The summed E-state index contributed by atoms with van der Waals surface area (Å²) in [5.41, 5.74) is 0. The first-order valence-corrected chi connectivity index (χ1v) is 4.86. The van der Waals surface area contributed by atoms with Crippen molar-refractivity contribution < 1.29 is 9.90 Å². The van der Waals surface area contributed by atoms with Gasteiger partial charge in [0.25, 0.3) is 0 Å². The number of aliphatic carboxylic acids is 1. The van der Waals surface area contributed by atoms with Crippen LogP contribution in [0.15, 0.2) is 0 Å². The number of hydrogen-bond donors (Lipinski definition) is 2. The second-order valence-electron chi connectivity index (χ2n) is 3.56. The lowest BCUT2D eigenvalue weighted by atomic mass is 10.1. The van der Waals surface area contributed by atoms with Crippen LogP contribution in [0.5, 0.6) is 0 Å². The number of rotatable bonds is 5. The van der Waals surface area contributed by atoms with Crippen LogP contribution in [-0.4, -0.2) is 47.7 Å². The molecular formula is C9H18N2O2. The zero-order valence-electron chi connectivity index (χ0n) is 8.29. The van der Waals surface area contributed by atoms with E-state index in [2.05, 4.69) is 17.1 Å². The fourth-order valence-corrected chi connectivity index (χ4v) is 1.60. The third kappa shape index (κ3) is 2.42. The van der Waals surface area contributed by atoms with Crippen LogP contribution in [0.2, 0.25) is 0 Å². The Morgan fingerprint density at radius 3 is 2.62 bits per heavy atom. The number of carbonyl (C=O) groups is 1. The lowest BCUT2D eigenvalue weighted by Crippen LogP contribution is -2.60. The molecule has 0 spiro atoms. The van der Waals surface area contributed by atoms with Crippen LogP contribution in [0, 0.1) is 0 Å². The zero-order valence-corrected chi connectivity index (χ0v) is 8.29. The monoisotopic (exact) mass is 186 g/mol. The highest BCUT2D eigenvalue weighted by molar-refractivity contribution is 5.72. The third-order valence-electron chi connectivity index (χ3n) is 2.57. The normalized spacial score (nSPS) is 19.9. The van der Waals surface area contributed by atoms with Crippen LogP contribution in [0.25, 0.3) is 0 Å². The number of nitrogens with zero attached hydrogens (tertiary/aromatic N) is 1. The van der Waals surface area contributed by atoms with Gasteiger partial charge in [0.05, 0.1) is 0 Å². The van der Waals surface area contributed by atoms with Crippen LogP contribution < -0.4 is 5.32 Å². The first-order valence-electron chi connectivity index (χ1n) is 4.86. The van der Waals surface area contributed by atoms with E-state index in [1.165, 1.54) is 0 Å². The van der Waals surface area contributed by atoms with Gasteiger partial charge in [-0.05, 0) is 19.9 Å². The van der Waals surface area contributed by atoms with E-state index in [4.69, 9.17) is 5.11 Å². The van der Waals surface area contributed by atoms with Gasteiger partial charge >= 0.3 is 5.97 Å². The van der Waals surface area contributed by atoms with Crippen molar-refractivity contribution in [1.29, 1.82) is 0 Å². The molecule has 4 heteroatoms. The molecule has 1 rings (SSSR count). The zero-order chi connectivity index (χ0) is 9.84. The van der Waals surface area contributed by atoms with Crippen LogP contribution in [-0.2, 0) is 4.79 Å². The van der Waals surface area contributed by atoms with Gasteiger partial charge in [-0.3, -0.25) is 9.69 Å². The molecule has 1 unspecified atom stereocenters. The molecule has 2 N–H and O–H groups in total. The summed E-state index contributed by atoms with van der Waals surface area (Å²) in [6.45, 7) is 6.57. The van der Waals surface area contributed by atoms with Gasteiger partial charge in [0.2, 0.25) is 0 Å². The Balaban J connectivity index is 2.49. The van der Waals surface area contributed by atoms with Crippen molar-refractivity contribution in [3.05, 3.63) is 0 Å². The minimum atomic E-state index is -0.722. The average molecular weight is 186 g/mol. The van der Waals surface area contributed by atoms with E-state index in [9.17, 15) is 4.79 Å². The molecular weight excluding hydrogens is 168 g/mol. The van der Waals surface area contributed by atoms with E-state index in [0.29, 0.717) is 6.04 Å². The van der Waals surface area contributed by atoms with Gasteiger partial charge in [-0.15, -0.1) is 0 Å². The Hall–Kier alpha value is -0.610. The number of carboxylic acids is 1. The molecule has 0 amide bonds. The molecule has 1 aliphatic rings. The standard InChI is InChI=1S/C9H18N2O2/c1-3-4-11(7(2)9(12)13)8-5-10-6-8/h7-8,10H,3-6H2,1-2H3,(H,12,13). The lowest BCUT2D eigenvalue weighted by Gasteiger charge is -2.40. The first kappa shape index (κ1) is 10.5. The molecule has 1 heterocycles. The third-order valence-corrected chi connectivity index (χ3v) is 2.57. The molecule has 1 atom stereocenters. The molecule has 0 aromatic carbocycles. The molecule has 0 bridgehead atoms. The summed E-state index contributed by atoms with van der Waals surface area (Å²) in [5.74, 6) is -0.722. The highest BCUT2D eigenvalue weighted by Crippen LogP contribution is 2.10. The maximum Gasteiger partial charge on any atom is 0.320 e. The predicted octanol–water partition coefficient (Wildman–Crippen LogP) is 0.143.